The maximum absolute atomic E-state index is 4.98. The summed E-state index contributed by atoms with van der Waals surface area (Å²) in [7, 11) is 0. The summed E-state index contributed by atoms with van der Waals surface area (Å²) in [6.07, 6.45) is 16.3. The van der Waals surface area contributed by atoms with Crippen molar-refractivity contribution in [2.24, 2.45) is 5.92 Å². The Kier molecular flexibility index (Phi) is 3.93. The quantitative estimate of drug-likeness (QED) is 0.857. The lowest BCUT2D eigenvalue weighted by molar-refractivity contribution is 0.577. The highest BCUT2D eigenvalue weighted by Crippen LogP contribution is 2.42. The second-order valence-corrected chi connectivity index (χ2v) is 7.66. The van der Waals surface area contributed by atoms with Crippen LogP contribution in [0, 0.1) is 5.92 Å². The van der Waals surface area contributed by atoms with Crippen LogP contribution in [0.1, 0.15) is 36.9 Å². The predicted molar refractivity (Wildman–Crippen MR) is 101 cm³/mol. The Morgan fingerprint density at radius 3 is 2.96 bits per heavy atom. The molecule has 130 valence electrons. The lowest BCUT2D eigenvalue weighted by Crippen LogP contribution is -2.44. The number of nitrogens with one attached hydrogen (secondary N) is 1. The molecule has 2 heterocycles. The number of nitrogens with zero attached hydrogens (tertiary/aromatic N) is 3. The van der Waals surface area contributed by atoms with Gasteiger partial charge in [0.25, 0.3) is 0 Å². The van der Waals surface area contributed by atoms with Gasteiger partial charge in [-0.2, -0.15) is 0 Å². The minimum absolute atomic E-state index is 0.691. The van der Waals surface area contributed by atoms with E-state index in [9.17, 15) is 0 Å². The van der Waals surface area contributed by atoms with Gasteiger partial charge in [0.2, 0.25) is 5.95 Å². The lowest BCUT2D eigenvalue weighted by atomic mass is 9.81. The average molecular weight is 334 g/mol. The van der Waals surface area contributed by atoms with Gasteiger partial charge in [0.1, 0.15) is 0 Å². The summed E-state index contributed by atoms with van der Waals surface area (Å²) in [5, 5.41) is 3.40. The van der Waals surface area contributed by atoms with Crippen LogP contribution in [0.15, 0.2) is 41.1 Å². The van der Waals surface area contributed by atoms with Crippen LogP contribution in [0.2, 0.25) is 0 Å². The van der Waals surface area contributed by atoms with E-state index in [1.54, 1.807) is 16.7 Å². The zero-order valence-electron chi connectivity index (χ0n) is 14.8. The largest absolute Gasteiger partial charge is 0.338 e. The van der Waals surface area contributed by atoms with Crippen molar-refractivity contribution in [1.29, 1.82) is 0 Å². The number of hydrogen-bond donors (Lipinski definition) is 1. The van der Waals surface area contributed by atoms with Gasteiger partial charge in [-0.15, -0.1) is 0 Å². The van der Waals surface area contributed by atoms with Gasteiger partial charge < -0.3 is 10.2 Å². The van der Waals surface area contributed by atoms with Gasteiger partial charge in [0, 0.05) is 44.7 Å². The molecule has 1 saturated carbocycles. The first-order valence-electron chi connectivity index (χ1n) is 9.78. The number of aryl methyl sites for hydroxylation is 1. The van der Waals surface area contributed by atoms with Crippen LogP contribution in [-0.4, -0.2) is 36.1 Å². The van der Waals surface area contributed by atoms with Crippen LogP contribution in [0.25, 0.3) is 0 Å². The van der Waals surface area contributed by atoms with Crippen molar-refractivity contribution < 1.29 is 0 Å². The molecule has 25 heavy (non-hydrogen) atoms. The third-order valence-corrected chi connectivity index (χ3v) is 6.19. The van der Waals surface area contributed by atoms with E-state index in [-0.39, 0.29) is 0 Å². The average Bonchev–Trinajstić information content (AvgIpc) is 3.17. The van der Waals surface area contributed by atoms with E-state index >= 15 is 0 Å². The Morgan fingerprint density at radius 2 is 2.04 bits per heavy atom. The summed E-state index contributed by atoms with van der Waals surface area (Å²) in [4.78, 5) is 12.0. The Labute approximate surface area is 149 Å². The highest BCUT2D eigenvalue weighted by molar-refractivity contribution is 5.46. The molecule has 1 aromatic rings. The first kappa shape index (κ1) is 15.3. The first-order chi connectivity index (χ1) is 12.4. The molecule has 0 bridgehead atoms. The molecule has 1 N–H and O–H groups in total. The van der Waals surface area contributed by atoms with E-state index in [2.05, 4.69) is 39.6 Å². The van der Waals surface area contributed by atoms with Gasteiger partial charge in [-0.05, 0) is 43.2 Å². The standard InChI is InChI=1S/C21H26N4/c1-3-15-4-2-6-19(18(15)5-1)16-7-8-17-14-23-21(24-20(17)13-16)25-11-9-22-10-12-25/h2,4,6,14,18,22H,1,3,5,7-13H2. The van der Waals surface area contributed by atoms with Gasteiger partial charge in [-0.25, -0.2) is 9.97 Å². The zero-order valence-corrected chi connectivity index (χ0v) is 14.8. The maximum atomic E-state index is 4.98. The smallest absolute Gasteiger partial charge is 0.225 e. The topological polar surface area (TPSA) is 41.1 Å². The Morgan fingerprint density at radius 1 is 1.12 bits per heavy atom. The molecule has 4 nitrogen and oxygen atoms in total. The van der Waals surface area contributed by atoms with E-state index in [0.29, 0.717) is 5.92 Å². The van der Waals surface area contributed by atoms with Crippen molar-refractivity contribution in [3.8, 4) is 0 Å². The molecule has 1 unspecified atom stereocenters. The third-order valence-electron chi connectivity index (χ3n) is 6.19. The highest BCUT2D eigenvalue weighted by atomic mass is 15.3. The Hall–Kier alpha value is -1.94. The second kappa shape index (κ2) is 6.41. The molecule has 0 aromatic carbocycles. The van der Waals surface area contributed by atoms with Gasteiger partial charge in [-0.1, -0.05) is 29.4 Å². The van der Waals surface area contributed by atoms with Crippen molar-refractivity contribution in [2.75, 3.05) is 31.1 Å². The van der Waals surface area contributed by atoms with Crippen LogP contribution < -0.4 is 10.2 Å². The van der Waals surface area contributed by atoms with Crippen LogP contribution in [-0.2, 0) is 12.8 Å². The molecule has 4 aliphatic rings. The number of anilines is 1. The summed E-state index contributed by atoms with van der Waals surface area (Å²) >= 11 is 0. The molecule has 5 rings (SSSR count). The first-order valence-corrected chi connectivity index (χ1v) is 9.78. The minimum atomic E-state index is 0.691. The monoisotopic (exact) mass is 334 g/mol. The molecule has 0 spiro atoms. The van der Waals surface area contributed by atoms with E-state index in [1.807, 2.05) is 0 Å². The van der Waals surface area contributed by atoms with Crippen LogP contribution in [0.3, 0.4) is 0 Å². The Balaban J connectivity index is 1.44. The summed E-state index contributed by atoms with van der Waals surface area (Å²) in [6.45, 7) is 4.06. The fourth-order valence-corrected chi connectivity index (χ4v) is 4.81. The molecular weight excluding hydrogens is 308 g/mol. The van der Waals surface area contributed by atoms with E-state index in [1.165, 1.54) is 36.9 Å². The number of piperazine rings is 1. The molecule has 1 aromatic heterocycles. The highest BCUT2D eigenvalue weighted by Gasteiger charge is 2.28. The lowest BCUT2D eigenvalue weighted by Gasteiger charge is -2.29. The number of hydrogen-bond acceptors (Lipinski definition) is 4. The normalized spacial score (nSPS) is 28.6. The molecule has 1 atom stereocenters. The molecule has 3 aliphatic carbocycles. The summed E-state index contributed by atoms with van der Waals surface area (Å²) in [6, 6.07) is 0. The fraction of sp³-hybridized carbons (Fsp3) is 0.524. The minimum Gasteiger partial charge on any atom is -0.338 e. The van der Waals surface area contributed by atoms with Gasteiger partial charge in [0.15, 0.2) is 0 Å². The molecular formula is C21H26N4. The van der Waals surface area contributed by atoms with Crippen LogP contribution in [0.5, 0.6) is 0 Å². The Bertz CT molecular complexity index is 768. The zero-order chi connectivity index (χ0) is 16.6. The van der Waals surface area contributed by atoms with Crippen molar-refractivity contribution in [1.82, 2.24) is 15.3 Å². The number of fused-ring (bicyclic) bond motifs is 2. The maximum Gasteiger partial charge on any atom is 0.225 e. The molecule has 1 aliphatic heterocycles. The number of allylic oxidation sites excluding steroid dienone is 6. The van der Waals surface area contributed by atoms with Crippen molar-refractivity contribution in [3.63, 3.8) is 0 Å². The van der Waals surface area contributed by atoms with E-state index in [4.69, 9.17) is 4.98 Å². The van der Waals surface area contributed by atoms with Gasteiger partial charge >= 0.3 is 0 Å². The third kappa shape index (κ3) is 2.82. The van der Waals surface area contributed by atoms with E-state index in [0.717, 1.165) is 45.0 Å². The van der Waals surface area contributed by atoms with Gasteiger partial charge in [-0.3, -0.25) is 0 Å². The molecule has 0 amide bonds. The molecule has 4 heteroatoms. The number of rotatable bonds is 1. The SMILES string of the molecule is C1=CC(=C2CCc3cnc(N4CCNCC4)nc3C2)C2CCCC2=C1. The summed E-state index contributed by atoms with van der Waals surface area (Å²) in [5.74, 6) is 1.61. The fourth-order valence-electron chi connectivity index (χ4n) is 4.81. The second-order valence-electron chi connectivity index (χ2n) is 7.66. The number of aromatic nitrogens is 2. The molecule has 1 saturated heterocycles. The van der Waals surface area contributed by atoms with E-state index < -0.39 is 0 Å². The van der Waals surface area contributed by atoms with Crippen molar-refractivity contribution >= 4 is 5.95 Å². The summed E-state index contributed by atoms with van der Waals surface area (Å²) < 4.78 is 0. The molecule has 0 radical (unpaired) electrons. The van der Waals surface area contributed by atoms with Crippen LogP contribution >= 0.6 is 0 Å². The summed E-state index contributed by atoms with van der Waals surface area (Å²) in [5.41, 5.74) is 7.49. The van der Waals surface area contributed by atoms with Crippen molar-refractivity contribution in [3.05, 3.63) is 52.4 Å². The predicted octanol–water partition coefficient (Wildman–Crippen LogP) is 2.97. The van der Waals surface area contributed by atoms with Gasteiger partial charge in [0.05, 0.1) is 5.69 Å². The molecule has 2 fully saturated rings. The van der Waals surface area contributed by atoms with Crippen molar-refractivity contribution in [2.45, 2.75) is 38.5 Å². The van der Waals surface area contributed by atoms with Crippen LogP contribution in [0.4, 0.5) is 5.95 Å².